The minimum Gasteiger partial charge on any atom is -0.354 e. The molecule has 0 aliphatic carbocycles. The third-order valence-electron chi connectivity index (χ3n) is 5.75. The van der Waals surface area contributed by atoms with Gasteiger partial charge >= 0.3 is 0 Å². The summed E-state index contributed by atoms with van der Waals surface area (Å²) in [5.74, 6) is 1.00. The fourth-order valence-electron chi connectivity index (χ4n) is 4.12. The highest BCUT2D eigenvalue weighted by molar-refractivity contribution is 5.92. The Balaban J connectivity index is 0.00000300. The van der Waals surface area contributed by atoms with Gasteiger partial charge in [-0.1, -0.05) is 26.0 Å². The monoisotopic (exact) mass is 422 g/mol. The molecule has 0 saturated carbocycles. The third-order valence-corrected chi connectivity index (χ3v) is 5.75. The first-order chi connectivity index (χ1) is 13.5. The van der Waals surface area contributed by atoms with E-state index in [1.54, 1.807) is 0 Å². The van der Waals surface area contributed by atoms with Gasteiger partial charge in [0.25, 0.3) is 0 Å². The number of benzene rings is 1. The first kappa shape index (κ1) is 23.6. The van der Waals surface area contributed by atoms with Gasteiger partial charge in [0, 0.05) is 18.8 Å². The van der Waals surface area contributed by atoms with Crippen LogP contribution in [0.5, 0.6) is 0 Å². The van der Waals surface area contributed by atoms with Gasteiger partial charge in [-0.25, -0.2) is 0 Å². The molecule has 3 N–H and O–H groups in total. The van der Waals surface area contributed by atoms with E-state index in [4.69, 9.17) is 0 Å². The molecule has 3 rings (SSSR count). The molecule has 0 radical (unpaired) electrons. The summed E-state index contributed by atoms with van der Waals surface area (Å²) in [6.45, 7) is 8.13. The Morgan fingerprint density at radius 3 is 2.79 bits per heavy atom. The van der Waals surface area contributed by atoms with Crippen LogP contribution in [0, 0.1) is 5.92 Å². The van der Waals surface area contributed by atoms with Crippen molar-refractivity contribution in [3.63, 3.8) is 0 Å². The molecule has 0 aromatic heterocycles. The average molecular weight is 423 g/mol. The van der Waals surface area contributed by atoms with Crippen LogP contribution in [0.3, 0.4) is 0 Å². The van der Waals surface area contributed by atoms with Crippen LogP contribution in [0.1, 0.15) is 51.0 Å². The van der Waals surface area contributed by atoms with Crippen molar-refractivity contribution in [2.75, 3.05) is 38.0 Å². The van der Waals surface area contributed by atoms with Crippen LogP contribution in [0.25, 0.3) is 0 Å². The highest BCUT2D eigenvalue weighted by atomic mass is 35.5. The molecule has 2 saturated heterocycles. The van der Waals surface area contributed by atoms with Gasteiger partial charge in [0.15, 0.2) is 0 Å². The number of amides is 2. The fourth-order valence-corrected chi connectivity index (χ4v) is 4.12. The zero-order valence-corrected chi connectivity index (χ0v) is 18.4. The Morgan fingerprint density at radius 2 is 2.07 bits per heavy atom. The maximum atomic E-state index is 12.5. The van der Waals surface area contributed by atoms with Gasteiger partial charge in [-0.15, -0.1) is 12.4 Å². The molecule has 0 bridgehead atoms. The molecular weight excluding hydrogens is 388 g/mol. The minimum atomic E-state index is -0.0212. The SMILES string of the molecule is CC(C)c1cccc(NC(=O)CN2CCCC(CNC(=O)C3CCCN3)C2)c1.Cl. The molecule has 2 aliphatic heterocycles. The van der Waals surface area contributed by atoms with Gasteiger partial charge in [0.2, 0.25) is 11.8 Å². The summed E-state index contributed by atoms with van der Waals surface area (Å²) in [7, 11) is 0. The predicted molar refractivity (Wildman–Crippen MR) is 120 cm³/mol. The van der Waals surface area contributed by atoms with Crippen LogP contribution in [0.2, 0.25) is 0 Å². The van der Waals surface area contributed by atoms with Crippen molar-refractivity contribution in [1.29, 1.82) is 0 Å². The van der Waals surface area contributed by atoms with E-state index in [1.807, 2.05) is 18.2 Å². The van der Waals surface area contributed by atoms with Gasteiger partial charge in [-0.2, -0.15) is 0 Å². The zero-order valence-electron chi connectivity index (χ0n) is 17.6. The second-order valence-corrected chi connectivity index (χ2v) is 8.47. The van der Waals surface area contributed by atoms with Crippen molar-refractivity contribution in [1.82, 2.24) is 15.5 Å². The summed E-state index contributed by atoms with van der Waals surface area (Å²) in [5.41, 5.74) is 2.09. The Kier molecular flexibility index (Phi) is 9.40. The maximum absolute atomic E-state index is 12.5. The van der Waals surface area contributed by atoms with Gasteiger partial charge in [0.05, 0.1) is 12.6 Å². The van der Waals surface area contributed by atoms with E-state index in [0.717, 1.165) is 51.0 Å². The van der Waals surface area contributed by atoms with Crippen LogP contribution in [-0.4, -0.2) is 55.5 Å². The quantitative estimate of drug-likeness (QED) is 0.631. The molecular formula is C22H35ClN4O2. The molecule has 2 atom stereocenters. The summed E-state index contributed by atoms with van der Waals surface area (Å²) in [6.07, 6.45) is 4.18. The normalized spacial score (nSPS) is 22.2. The molecule has 0 spiro atoms. The van der Waals surface area contributed by atoms with E-state index in [0.29, 0.717) is 24.9 Å². The Labute approximate surface area is 180 Å². The van der Waals surface area contributed by atoms with Gasteiger partial charge < -0.3 is 16.0 Å². The van der Waals surface area contributed by atoms with Crippen LogP contribution in [0.4, 0.5) is 5.69 Å². The Bertz CT molecular complexity index is 677. The summed E-state index contributed by atoms with van der Waals surface area (Å²) in [4.78, 5) is 26.9. The number of hydrogen-bond acceptors (Lipinski definition) is 4. The molecule has 2 amide bonds. The lowest BCUT2D eigenvalue weighted by atomic mass is 9.97. The molecule has 2 heterocycles. The summed E-state index contributed by atoms with van der Waals surface area (Å²) < 4.78 is 0. The number of carbonyl (C=O) groups excluding carboxylic acids is 2. The molecule has 29 heavy (non-hydrogen) atoms. The summed E-state index contributed by atoms with van der Waals surface area (Å²) in [6, 6.07) is 8.05. The van der Waals surface area contributed by atoms with E-state index in [1.165, 1.54) is 5.56 Å². The number of rotatable bonds is 7. The zero-order chi connectivity index (χ0) is 19.9. The molecule has 162 valence electrons. The molecule has 7 heteroatoms. The molecule has 2 fully saturated rings. The summed E-state index contributed by atoms with van der Waals surface area (Å²) in [5, 5.41) is 9.36. The van der Waals surface area contributed by atoms with E-state index in [-0.39, 0.29) is 30.3 Å². The van der Waals surface area contributed by atoms with Crippen LogP contribution >= 0.6 is 12.4 Å². The number of hydrogen-bond donors (Lipinski definition) is 3. The van der Waals surface area contributed by atoms with E-state index < -0.39 is 0 Å². The largest absolute Gasteiger partial charge is 0.354 e. The minimum absolute atomic E-state index is 0. The number of anilines is 1. The van der Waals surface area contributed by atoms with Crippen molar-refractivity contribution in [3.8, 4) is 0 Å². The van der Waals surface area contributed by atoms with E-state index in [9.17, 15) is 9.59 Å². The lowest BCUT2D eigenvalue weighted by Crippen LogP contribution is -2.46. The number of likely N-dealkylation sites (tertiary alicyclic amines) is 1. The second kappa shape index (κ2) is 11.5. The fraction of sp³-hybridized carbons (Fsp3) is 0.636. The van der Waals surface area contributed by atoms with E-state index >= 15 is 0 Å². The molecule has 2 aliphatic rings. The van der Waals surface area contributed by atoms with Gasteiger partial charge in [-0.05, 0) is 68.3 Å². The highest BCUT2D eigenvalue weighted by Gasteiger charge is 2.25. The summed E-state index contributed by atoms with van der Waals surface area (Å²) >= 11 is 0. The number of carbonyl (C=O) groups is 2. The second-order valence-electron chi connectivity index (χ2n) is 8.47. The molecule has 1 aromatic carbocycles. The predicted octanol–water partition coefficient (Wildman–Crippen LogP) is 2.75. The van der Waals surface area contributed by atoms with Crippen molar-refractivity contribution in [3.05, 3.63) is 29.8 Å². The number of nitrogens with one attached hydrogen (secondary N) is 3. The molecule has 1 aromatic rings. The smallest absolute Gasteiger partial charge is 0.238 e. The number of nitrogens with zero attached hydrogens (tertiary/aromatic N) is 1. The first-order valence-corrected chi connectivity index (χ1v) is 10.6. The van der Waals surface area contributed by atoms with Crippen LogP contribution in [0.15, 0.2) is 24.3 Å². The third kappa shape index (κ3) is 7.28. The highest BCUT2D eigenvalue weighted by Crippen LogP contribution is 2.19. The number of piperidine rings is 1. The maximum Gasteiger partial charge on any atom is 0.238 e. The van der Waals surface area contributed by atoms with Crippen molar-refractivity contribution >= 4 is 29.9 Å². The lowest BCUT2D eigenvalue weighted by molar-refractivity contribution is -0.123. The number of halogens is 1. The first-order valence-electron chi connectivity index (χ1n) is 10.6. The van der Waals surface area contributed by atoms with Crippen LogP contribution in [-0.2, 0) is 9.59 Å². The lowest BCUT2D eigenvalue weighted by Gasteiger charge is -2.32. The van der Waals surface area contributed by atoms with Gasteiger partial charge in [-0.3, -0.25) is 14.5 Å². The Hall–Kier alpha value is -1.63. The van der Waals surface area contributed by atoms with E-state index in [2.05, 4.69) is 40.8 Å². The molecule has 6 nitrogen and oxygen atoms in total. The average Bonchev–Trinajstić information content (AvgIpc) is 3.21. The van der Waals surface area contributed by atoms with Crippen molar-refractivity contribution in [2.45, 2.75) is 51.5 Å². The Morgan fingerprint density at radius 1 is 1.24 bits per heavy atom. The van der Waals surface area contributed by atoms with Crippen molar-refractivity contribution in [2.24, 2.45) is 5.92 Å². The van der Waals surface area contributed by atoms with Gasteiger partial charge in [0.1, 0.15) is 0 Å². The topological polar surface area (TPSA) is 73.5 Å². The van der Waals surface area contributed by atoms with Crippen molar-refractivity contribution < 1.29 is 9.59 Å². The molecule has 2 unspecified atom stereocenters. The van der Waals surface area contributed by atoms with Crippen LogP contribution < -0.4 is 16.0 Å². The standard InChI is InChI=1S/C22H34N4O2.ClH/c1-16(2)18-7-3-8-19(12-18)25-21(27)15-26-11-5-6-17(14-26)13-24-22(28)20-9-4-10-23-20;/h3,7-8,12,16-17,20,23H,4-6,9-11,13-15H2,1-2H3,(H,24,28)(H,25,27);1H.